The summed E-state index contributed by atoms with van der Waals surface area (Å²) in [6, 6.07) is 3.69. The first kappa shape index (κ1) is 10.1. The van der Waals surface area contributed by atoms with Gasteiger partial charge >= 0.3 is 0 Å². The lowest BCUT2D eigenvalue weighted by molar-refractivity contribution is 0.102. The van der Waals surface area contributed by atoms with Gasteiger partial charge < -0.3 is 10.0 Å². The fourth-order valence-corrected chi connectivity index (χ4v) is 2.51. The number of hydrogen-bond donors (Lipinski definition) is 1. The quantitative estimate of drug-likeness (QED) is 0.758. The molecule has 0 amide bonds. The average Bonchev–Trinajstić information content (AvgIpc) is 2.56. The van der Waals surface area contributed by atoms with E-state index in [1.165, 1.54) is 18.3 Å². The van der Waals surface area contributed by atoms with Gasteiger partial charge in [0.15, 0.2) is 5.78 Å². The highest BCUT2D eigenvalue weighted by Gasteiger charge is 2.28. The molecule has 1 saturated heterocycles. The van der Waals surface area contributed by atoms with Crippen molar-refractivity contribution in [1.82, 2.24) is 0 Å². The van der Waals surface area contributed by atoms with Crippen molar-refractivity contribution in [2.24, 2.45) is 0 Å². The maximum absolute atomic E-state index is 11.2. The molecule has 0 aromatic carbocycles. The third-order valence-corrected chi connectivity index (χ3v) is 3.63. The van der Waals surface area contributed by atoms with E-state index in [-0.39, 0.29) is 11.9 Å². The maximum Gasteiger partial charge on any atom is 0.169 e. The lowest BCUT2D eigenvalue weighted by Crippen LogP contribution is -2.50. The summed E-state index contributed by atoms with van der Waals surface area (Å²) in [6.07, 6.45) is -0.306. The molecule has 0 atom stereocenters. The number of ketones is 1. The van der Waals surface area contributed by atoms with Crippen molar-refractivity contribution < 1.29 is 9.90 Å². The number of nitriles is 1. The number of anilines is 1. The molecule has 0 radical (unpaired) electrons. The molecule has 0 aliphatic carbocycles. The predicted molar refractivity (Wildman–Crippen MR) is 57.3 cm³/mol. The van der Waals surface area contributed by atoms with Crippen LogP contribution in [0.3, 0.4) is 0 Å². The summed E-state index contributed by atoms with van der Waals surface area (Å²) in [5.74, 6) is -0.0242. The van der Waals surface area contributed by atoms with Crippen LogP contribution in [0.25, 0.3) is 0 Å². The van der Waals surface area contributed by atoms with Gasteiger partial charge in [0.05, 0.1) is 16.5 Å². The molecule has 78 valence electrons. The molecule has 0 saturated carbocycles. The van der Waals surface area contributed by atoms with Crippen molar-refractivity contribution in [3.8, 4) is 6.07 Å². The van der Waals surface area contributed by atoms with Crippen molar-refractivity contribution in [3.63, 3.8) is 0 Å². The number of aliphatic hydroxyl groups excluding tert-OH is 1. The Morgan fingerprint density at radius 2 is 2.40 bits per heavy atom. The first-order chi connectivity index (χ1) is 7.11. The van der Waals surface area contributed by atoms with Crippen molar-refractivity contribution in [3.05, 3.63) is 16.5 Å². The smallest absolute Gasteiger partial charge is 0.169 e. The number of aliphatic hydroxyl groups is 1. The molecule has 4 nitrogen and oxygen atoms in total. The molecular weight excluding hydrogens is 212 g/mol. The monoisotopic (exact) mass is 222 g/mol. The molecule has 1 aromatic heterocycles. The summed E-state index contributed by atoms with van der Waals surface area (Å²) in [5.41, 5.74) is 0.525. The topological polar surface area (TPSA) is 64.3 Å². The van der Waals surface area contributed by atoms with Gasteiger partial charge in [0.2, 0.25) is 0 Å². The third-order valence-electron chi connectivity index (χ3n) is 2.33. The van der Waals surface area contributed by atoms with Gasteiger partial charge in [-0.2, -0.15) is 5.26 Å². The molecule has 0 bridgehead atoms. The molecule has 5 heteroatoms. The lowest BCUT2D eigenvalue weighted by atomic mass is 10.1. The molecule has 1 aliphatic heterocycles. The zero-order valence-electron chi connectivity index (χ0n) is 8.23. The van der Waals surface area contributed by atoms with Crippen LogP contribution in [0, 0.1) is 11.3 Å². The second-order valence-corrected chi connectivity index (χ2v) is 4.59. The Labute approximate surface area is 91.4 Å². The molecule has 0 unspecified atom stereocenters. The van der Waals surface area contributed by atoms with Gasteiger partial charge in [0.25, 0.3) is 0 Å². The van der Waals surface area contributed by atoms with E-state index < -0.39 is 0 Å². The van der Waals surface area contributed by atoms with Gasteiger partial charge in [0, 0.05) is 13.1 Å². The van der Waals surface area contributed by atoms with Gasteiger partial charge in [-0.15, -0.1) is 11.3 Å². The molecule has 2 rings (SSSR count). The Morgan fingerprint density at radius 3 is 2.87 bits per heavy atom. The van der Waals surface area contributed by atoms with Crippen molar-refractivity contribution in [2.75, 3.05) is 18.0 Å². The van der Waals surface area contributed by atoms with Gasteiger partial charge in [-0.25, -0.2) is 0 Å². The number of Topliss-reactive ketones (excluding diaryl/α,β-unsaturated/α-hetero) is 1. The van der Waals surface area contributed by atoms with E-state index in [0.717, 1.165) is 5.00 Å². The molecular formula is C10H10N2O2S. The van der Waals surface area contributed by atoms with Gasteiger partial charge in [-0.3, -0.25) is 4.79 Å². The van der Waals surface area contributed by atoms with E-state index in [2.05, 4.69) is 6.07 Å². The molecule has 1 aliphatic rings. The van der Waals surface area contributed by atoms with E-state index in [0.29, 0.717) is 23.5 Å². The Balaban J connectivity index is 2.30. The highest BCUT2D eigenvalue weighted by atomic mass is 32.1. The van der Waals surface area contributed by atoms with Crippen molar-refractivity contribution in [2.45, 2.75) is 13.0 Å². The summed E-state index contributed by atoms with van der Waals surface area (Å²) in [4.78, 5) is 13.7. The van der Waals surface area contributed by atoms with Gasteiger partial charge in [-0.1, -0.05) is 0 Å². The Morgan fingerprint density at radius 1 is 1.73 bits per heavy atom. The van der Waals surface area contributed by atoms with E-state index in [1.807, 2.05) is 4.90 Å². The van der Waals surface area contributed by atoms with E-state index in [9.17, 15) is 9.90 Å². The van der Waals surface area contributed by atoms with E-state index in [4.69, 9.17) is 5.26 Å². The molecule has 2 heterocycles. The van der Waals surface area contributed by atoms with Crippen LogP contribution in [-0.2, 0) is 0 Å². The number of thiophene rings is 1. The molecule has 1 aromatic rings. The highest BCUT2D eigenvalue weighted by molar-refractivity contribution is 7.18. The van der Waals surface area contributed by atoms with Crippen LogP contribution in [-0.4, -0.2) is 30.1 Å². The van der Waals surface area contributed by atoms with E-state index >= 15 is 0 Å². The normalized spacial score (nSPS) is 15.9. The largest absolute Gasteiger partial charge is 0.389 e. The molecule has 0 spiro atoms. The number of rotatable bonds is 2. The van der Waals surface area contributed by atoms with Crippen LogP contribution in [0.5, 0.6) is 0 Å². The SMILES string of the molecule is CC(=O)c1cc(C#N)c(N2CC(O)C2)s1. The second-order valence-electron chi connectivity index (χ2n) is 3.56. The van der Waals surface area contributed by atoms with Gasteiger partial charge in [0.1, 0.15) is 11.1 Å². The van der Waals surface area contributed by atoms with Crippen LogP contribution >= 0.6 is 11.3 Å². The minimum Gasteiger partial charge on any atom is -0.389 e. The summed E-state index contributed by atoms with van der Waals surface area (Å²) >= 11 is 1.32. The Hall–Kier alpha value is -1.38. The summed E-state index contributed by atoms with van der Waals surface area (Å²) in [6.45, 7) is 2.58. The van der Waals surface area contributed by atoms with Gasteiger partial charge in [-0.05, 0) is 13.0 Å². The molecule has 1 fully saturated rings. The van der Waals surface area contributed by atoms with Crippen LogP contribution in [0.2, 0.25) is 0 Å². The van der Waals surface area contributed by atoms with Crippen LogP contribution < -0.4 is 4.90 Å². The van der Waals surface area contributed by atoms with Crippen molar-refractivity contribution in [1.29, 1.82) is 5.26 Å². The third kappa shape index (κ3) is 1.74. The van der Waals surface area contributed by atoms with Crippen LogP contribution in [0.4, 0.5) is 5.00 Å². The number of hydrogen-bond acceptors (Lipinski definition) is 5. The molecule has 15 heavy (non-hydrogen) atoms. The number of β-amino-alcohol motifs (C(OH)–C–C–N with tert-alkyl or cyclic N) is 1. The minimum atomic E-state index is -0.306. The lowest BCUT2D eigenvalue weighted by Gasteiger charge is -2.36. The first-order valence-corrected chi connectivity index (χ1v) is 5.41. The summed E-state index contributed by atoms with van der Waals surface area (Å²) < 4.78 is 0. The van der Waals surface area contributed by atoms with Crippen molar-refractivity contribution >= 4 is 22.1 Å². The minimum absolute atomic E-state index is 0.0242. The number of carbonyl (C=O) groups is 1. The average molecular weight is 222 g/mol. The van der Waals surface area contributed by atoms with Crippen LogP contribution in [0.15, 0.2) is 6.07 Å². The van der Waals surface area contributed by atoms with E-state index in [1.54, 1.807) is 6.07 Å². The maximum atomic E-state index is 11.2. The summed E-state index contributed by atoms with van der Waals surface area (Å²) in [7, 11) is 0. The standard InChI is InChI=1S/C10H10N2O2S/c1-6(13)9-2-7(3-11)10(15-9)12-4-8(14)5-12/h2,8,14H,4-5H2,1H3. The Bertz CT molecular complexity index is 441. The first-order valence-electron chi connectivity index (χ1n) is 4.59. The Kier molecular flexibility index (Phi) is 2.47. The number of nitrogens with zero attached hydrogens (tertiary/aromatic N) is 2. The number of carbonyl (C=O) groups excluding carboxylic acids is 1. The molecule has 1 N–H and O–H groups in total. The highest BCUT2D eigenvalue weighted by Crippen LogP contribution is 2.34. The zero-order chi connectivity index (χ0) is 11.0. The van der Waals surface area contributed by atoms with Crippen LogP contribution in [0.1, 0.15) is 22.2 Å². The summed E-state index contributed by atoms with van der Waals surface area (Å²) in [5, 5.41) is 18.9. The zero-order valence-corrected chi connectivity index (χ0v) is 9.04. The predicted octanol–water partition coefficient (Wildman–Crippen LogP) is 1.00. The second kappa shape index (κ2) is 3.65. The fourth-order valence-electron chi connectivity index (χ4n) is 1.49. The fraction of sp³-hybridized carbons (Fsp3) is 0.400.